The van der Waals surface area contributed by atoms with E-state index in [1.54, 1.807) is 0 Å². The maximum atomic E-state index is 4.69. The van der Waals surface area contributed by atoms with Gasteiger partial charge in [-0.1, -0.05) is 30.4 Å². The molecule has 0 aliphatic carbocycles. The molecule has 1 atom stereocenters. The lowest BCUT2D eigenvalue weighted by Gasteiger charge is -2.36. The van der Waals surface area contributed by atoms with Crippen molar-refractivity contribution in [2.24, 2.45) is 0 Å². The van der Waals surface area contributed by atoms with Crippen molar-refractivity contribution in [1.82, 2.24) is 19.9 Å². The van der Waals surface area contributed by atoms with E-state index in [0.29, 0.717) is 0 Å². The minimum Gasteiger partial charge on any atom is -0.364 e. The molecule has 0 saturated carbocycles. The summed E-state index contributed by atoms with van der Waals surface area (Å²) in [5, 5.41) is 0. The number of nitrogens with zero attached hydrogens (tertiary/aromatic N) is 4. The van der Waals surface area contributed by atoms with E-state index in [2.05, 4.69) is 62.5 Å². The molecule has 0 aromatic carbocycles. The van der Waals surface area contributed by atoms with E-state index in [4.69, 9.17) is 0 Å². The molecule has 0 amide bonds. The van der Waals surface area contributed by atoms with Gasteiger partial charge in [0.25, 0.3) is 0 Å². The first-order chi connectivity index (χ1) is 12.9. The van der Waals surface area contributed by atoms with Gasteiger partial charge in [-0.05, 0) is 41.5 Å². The van der Waals surface area contributed by atoms with Gasteiger partial charge in [0.15, 0.2) is 0 Å². The molecule has 3 aromatic rings. The number of rotatable bonds is 5. The van der Waals surface area contributed by atoms with Crippen LogP contribution < -0.4 is 0 Å². The minimum atomic E-state index is 0.0470. The molecule has 0 radical (unpaired) electrons. The molecule has 1 aliphatic heterocycles. The summed E-state index contributed by atoms with van der Waals surface area (Å²) in [5.41, 5.74) is 3.34. The molecule has 0 saturated heterocycles. The fourth-order valence-electron chi connectivity index (χ4n) is 3.45. The first-order valence-corrected chi connectivity index (χ1v) is 8.73. The summed E-state index contributed by atoms with van der Waals surface area (Å²) in [7, 11) is 0. The van der Waals surface area contributed by atoms with Crippen LogP contribution in [0.3, 0.4) is 0 Å². The number of pyridine rings is 3. The molecule has 4 rings (SSSR count). The topological polar surface area (TPSA) is 41.9 Å². The van der Waals surface area contributed by atoms with E-state index >= 15 is 0 Å². The molecule has 4 heterocycles. The Morgan fingerprint density at radius 3 is 2.12 bits per heavy atom. The van der Waals surface area contributed by atoms with Gasteiger partial charge in [0.05, 0.1) is 11.7 Å². The third-order valence-electron chi connectivity index (χ3n) is 4.59. The number of hydrogen-bond donors (Lipinski definition) is 0. The van der Waals surface area contributed by atoms with Crippen LogP contribution >= 0.6 is 0 Å². The van der Waals surface area contributed by atoms with E-state index in [1.165, 1.54) is 0 Å². The second kappa shape index (κ2) is 7.74. The molecule has 4 nitrogen and oxygen atoms in total. The van der Waals surface area contributed by atoms with Crippen LogP contribution in [0.1, 0.15) is 28.8 Å². The number of hydrogen-bond acceptors (Lipinski definition) is 4. The standard InChI is InChI=1S/C22H20N4/c1-4-14-26(15-5-1)22(20-10-2-3-13-25-20)21(18-8-6-11-23-16-18)19-9-7-12-24-17-19/h1-14,16-17,21-22H,15H2/t22-/m0/s1. The lowest BCUT2D eigenvalue weighted by Crippen LogP contribution is -2.31. The summed E-state index contributed by atoms with van der Waals surface area (Å²) >= 11 is 0. The minimum absolute atomic E-state index is 0.0470. The second-order valence-electron chi connectivity index (χ2n) is 6.22. The van der Waals surface area contributed by atoms with Crippen LogP contribution in [-0.2, 0) is 0 Å². The summed E-state index contributed by atoms with van der Waals surface area (Å²) in [6, 6.07) is 14.4. The first kappa shape index (κ1) is 16.2. The third kappa shape index (κ3) is 3.40. The molecule has 1 aliphatic rings. The summed E-state index contributed by atoms with van der Waals surface area (Å²) in [4.78, 5) is 15.7. The highest BCUT2D eigenvalue weighted by atomic mass is 15.2. The Bertz CT molecular complexity index is 836. The SMILES string of the molecule is C1=CCN([C@@H](c2ccccn2)C(c2cccnc2)c2cccnc2)C=C1. The Morgan fingerprint density at radius 1 is 0.808 bits per heavy atom. The zero-order valence-corrected chi connectivity index (χ0v) is 14.4. The van der Waals surface area contributed by atoms with E-state index < -0.39 is 0 Å². The van der Waals surface area contributed by atoms with Crippen LogP contribution in [0.5, 0.6) is 0 Å². The number of allylic oxidation sites excluding steroid dienone is 2. The van der Waals surface area contributed by atoms with Gasteiger partial charge < -0.3 is 4.90 Å². The van der Waals surface area contributed by atoms with Crippen molar-refractivity contribution in [3.63, 3.8) is 0 Å². The molecule has 0 unspecified atom stereocenters. The van der Waals surface area contributed by atoms with Gasteiger partial charge in [0, 0.05) is 49.6 Å². The summed E-state index contributed by atoms with van der Waals surface area (Å²) in [6.45, 7) is 0.842. The normalized spacial score (nSPS) is 14.6. The van der Waals surface area contributed by atoms with Gasteiger partial charge in [-0.25, -0.2) is 0 Å². The van der Waals surface area contributed by atoms with Crippen LogP contribution in [0.15, 0.2) is 97.9 Å². The predicted molar refractivity (Wildman–Crippen MR) is 102 cm³/mol. The molecule has 0 bridgehead atoms. The van der Waals surface area contributed by atoms with Crippen molar-refractivity contribution in [3.8, 4) is 0 Å². The average molecular weight is 340 g/mol. The van der Waals surface area contributed by atoms with Crippen molar-refractivity contribution in [2.75, 3.05) is 6.54 Å². The van der Waals surface area contributed by atoms with Crippen molar-refractivity contribution in [2.45, 2.75) is 12.0 Å². The Kier molecular flexibility index (Phi) is 4.83. The Hall–Kier alpha value is -3.27. The Morgan fingerprint density at radius 2 is 1.58 bits per heavy atom. The van der Waals surface area contributed by atoms with Crippen LogP contribution in [-0.4, -0.2) is 26.4 Å². The highest BCUT2D eigenvalue weighted by Crippen LogP contribution is 2.40. The fourth-order valence-corrected chi connectivity index (χ4v) is 3.45. The maximum absolute atomic E-state index is 4.69. The van der Waals surface area contributed by atoms with Gasteiger partial charge in [-0.2, -0.15) is 0 Å². The van der Waals surface area contributed by atoms with Crippen LogP contribution in [0, 0.1) is 0 Å². The van der Waals surface area contributed by atoms with Gasteiger partial charge in [0.2, 0.25) is 0 Å². The van der Waals surface area contributed by atoms with Crippen molar-refractivity contribution < 1.29 is 0 Å². The quantitative estimate of drug-likeness (QED) is 0.700. The van der Waals surface area contributed by atoms with Gasteiger partial charge in [-0.3, -0.25) is 15.0 Å². The van der Waals surface area contributed by atoms with E-state index in [1.807, 2.05) is 55.2 Å². The molecule has 0 N–H and O–H groups in total. The zero-order valence-electron chi connectivity index (χ0n) is 14.4. The van der Waals surface area contributed by atoms with Crippen LogP contribution in [0.2, 0.25) is 0 Å². The van der Waals surface area contributed by atoms with Crippen molar-refractivity contribution >= 4 is 0 Å². The molecular formula is C22H20N4. The molecular weight excluding hydrogens is 320 g/mol. The average Bonchev–Trinajstić information content (AvgIpc) is 2.74. The Labute approximate surface area is 153 Å². The number of aromatic nitrogens is 3. The molecule has 0 spiro atoms. The lowest BCUT2D eigenvalue weighted by molar-refractivity contribution is 0.273. The van der Waals surface area contributed by atoms with Gasteiger partial charge in [-0.15, -0.1) is 0 Å². The summed E-state index contributed by atoms with van der Waals surface area (Å²) in [5.74, 6) is 0.0726. The largest absolute Gasteiger partial charge is 0.364 e. The molecule has 128 valence electrons. The highest BCUT2D eigenvalue weighted by molar-refractivity contribution is 5.35. The first-order valence-electron chi connectivity index (χ1n) is 8.73. The predicted octanol–water partition coefficient (Wildman–Crippen LogP) is 4.13. The van der Waals surface area contributed by atoms with Crippen LogP contribution in [0.25, 0.3) is 0 Å². The zero-order chi connectivity index (χ0) is 17.6. The lowest BCUT2D eigenvalue weighted by atomic mass is 9.83. The molecule has 4 heteroatoms. The highest BCUT2D eigenvalue weighted by Gasteiger charge is 2.31. The third-order valence-corrected chi connectivity index (χ3v) is 4.59. The van der Waals surface area contributed by atoms with E-state index in [-0.39, 0.29) is 12.0 Å². The molecule has 3 aromatic heterocycles. The monoisotopic (exact) mass is 340 g/mol. The van der Waals surface area contributed by atoms with Crippen molar-refractivity contribution in [1.29, 1.82) is 0 Å². The maximum Gasteiger partial charge on any atom is 0.0821 e. The van der Waals surface area contributed by atoms with E-state index in [9.17, 15) is 0 Å². The molecule has 26 heavy (non-hydrogen) atoms. The van der Waals surface area contributed by atoms with Crippen LogP contribution in [0.4, 0.5) is 0 Å². The Balaban J connectivity index is 1.86. The van der Waals surface area contributed by atoms with Gasteiger partial charge >= 0.3 is 0 Å². The van der Waals surface area contributed by atoms with E-state index in [0.717, 1.165) is 23.4 Å². The summed E-state index contributed by atoms with van der Waals surface area (Å²) < 4.78 is 0. The fraction of sp³-hybridized carbons (Fsp3) is 0.136. The molecule has 0 fully saturated rings. The summed E-state index contributed by atoms with van der Waals surface area (Å²) in [6.07, 6.45) is 17.8. The van der Waals surface area contributed by atoms with Gasteiger partial charge in [0.1, 0.15) is 0 Å². The smallest absolute Gasteiger partial charge is 0.0821 e. The van der Waals surface area contributed by atoms with Crippen molar-refractivity contribution in [3.05, 3.63) is 115 Å². The second-order valence-corrected chi connectivity index (χ2v) is 6.22.